The number of thiazole rings is 1. The molecule has 4 rings (SSSR count). The summed E-state index contributed by atoms with van der Waals surface area (Å²) < 4.78 is 11.6. The van der Waals surface area contributed by atoms with Crippen LogP contribution >= 0.6 is 11.3 Å². The number of aryl methyl sites for hydroxylation is 1. The summed E-state index contributed by atoms with van der Waals surface area (Å²) in [4.78, 5) is 19.2. The molecule has 2 amide bonds. The summed E-state index contributed by atoms with van der Waals surface area (Å²) >= 11 is 1.52. The highest BCUT2D eigenvalue weighted by molar-refractivity contribution is 7.13. The number of aromatic nitrogens is 1. The van der Waals surface area contributed by atoms with Crippen LogP contribution in [0.3, 0.4) is 0 Å². The Morgan fingerprint density at radius 3 is 3.06 bits per heavy atom. The van der Waals surface area contributed by atoms with Crippen molar-refractivity contribution in [2.24, 2.45) is 5.41 Å². The molecular weight excluding hydrogens is 412 g/mol. The molecule has 2 atom stereocenters. The highest BCUT2D eigenvalue weighted by Gasteiger charge is 2.30. The molecule has 31 heavy (non-hydrogen) atoms. The van der Waals surface area contributed by atoms with Crippen LogP contribution in [0.2, 0.25) is 0 Å². The predicted molar refractivity (Wildman–Crippen MR) is 124 cm³/mol. The van der Waals surface area contributed by atoms with Crippen molar-refractivity contribution in [3.63, 3.8) is 0 Å². The lowest BCUT2D eigenvalue weighted by atomic mass is 9.91. The average Bonchev–Trinajstić information content (AvgIpc) is 3.36. The number of carbonyl (C=O) groups is 1. The minimum Gasteiger partial charge on any atom is -0.493 e. The molecule has 0 bridgehead atoms. The third-order valence-corrected chi connectivity index (χ3v) is 6.90. The molecule has 2 aromatic rings. The summed E-state index contributed by atoms with van der Waals surface area (Å²) in [6.07, 6.45) is 3.15. The van der Waals surface area contributed by atoms with Crippen LogP contribution in [0.25, 0.3) is 10.6 Å². The third kappa shape index (κ3) is 5.75. The smallest absolute Gasteiger partial charge is 0.320 e. The highest BCUT2D eigenvalue weighted by atomic mass is 32.1. The molecule has 0 aliphatic carbocycles. The molecule has 2 fully saturated rings. The Morgan fingerprint density at radius 2 is 2.32 bits per heavy atom. The van der Waals surface area contributed by atoms with Crippen LogP contribution in [0.1, 0.15) is 31.7 Å². The number of urea groups is 1. The SMILES string of the molecule is Cc1cc(-c2nc(NC(=O)N[C@H]3CCCN(C)C3)cs2)ccc1OCC1(C)CCOC1. The van der Waals surface area contributed by atoms with Crippen molar-refractivity contribution in [2.75, 3.05) is 45.3 Å². The Kier molecular flexibility index (Phi) is 6.79. The van der Waals surface area contributed by atoms with E-state index in [1.54, 1.807) is 0 Å². The monoisotopic (exact) mass is 444 g/mol. The first-order valence-corrected chi connectivity index (χ1v) is 11.8. The lowest BCUT2D eigenvalue weighted by molar-refractivity contribution is 0.117. The maximum atomic E-state index is 12.3. The Hall–Kier alpha value is -2.16. The van der Waals surface area contributed by atoms with Gasteiger partial charge in [-0.3, -0.25) is 5.32 Å². The van der Waals surface area contributed by atoms with Gasteiger partial charge in [-0.25, -0.2) is 9.78 Å². The molecule has 168 valence electrons. The average molecular weight is 445 g/mol. The van der Waals surface area contributed by atoms with Crippen LogP contribution in [-0.4, -0.2) is 61.9 Å². The summed E-state index contributed by atoms with van der Waals surface area (Å²) in [6.45, 7) is 8.45. The van der Waals surface area contributed by atoms with Gasteiger partial charge in [0.15, 0.2) is 0 Å². The van der Waals surface area contributed by atoms with Gasteiger partial charge in [0.25, 0.3) is 0 Å². The third-order valence-electron chi connectivity index (χ3n) is 6.00. The molecule has 8 heteroatoms. The van der Waals surface area contributed by atoms with E-state index < -0.39 is 0 Å². The number of likely N-dealkylation sites (tertiary alicyclic amines) is 1. The molecule has 1 aromatic heterocycles. The zero-order valence-corrected chi connectivity index (χ0v) is 19.4. The fourth-order valence-electron chi connectivity index (χ4n) is 4.11. The van der Waals surface area contributed by atoms with Gasteiger partial charge in [-0.1, -0.05) is 6.92 Å². The second-order valence-electron chi connectivity index (χ2n) is 9.12. The molecule has 0 radical (unpaired) electrons. The molecule has 7 nitrogen and oxygen atoms in total. The number of piperidine rings is 1. The van der Waals surface area contributed by atoms with Gasteiger partial charge >= 0.3 is 6.03 Å². The van der Waals surface area contributed by atoms with Crippen molar-refractivity contribution >= 4 is 23.2 Å². The maximum absolute atomic E-state index is 12.3. The van der Waals surface area contributed by atoms with Crippen molar-refractivity contribution in [3.05, 3.63) is 29.1 Å². The molecular formula is C23H32N4O3S. The van der Waals surface area contributed by atoms with Crippen LogP contribution in [0.4, 0.5) is 10.6 Å². The van der Waals surface area contributed by atoms with Crippen molar-refractivity contribution in [3.8, 4) is 16.3 Å². The molecule has 1 unspecified atom stereocenters. The van der Waals surface area contributed by atoms with Crippen LogP contribution in [0.15, 0.2) is 23.6 Å². The van der Waals surface area contributed by atoms with Gasteiger partial charge in [0, 0.05) is 35.6 Å². The van der Waals surface area contributed by atoms with Gasteiger partial charge in [-0.15, -0.1) is 11.3 Å². The quantitative estimate of drug-likeness (QED) is 0.700. The summed E-state index contributed by atoms with van der Waals surface area (Å²) in [5.41, 5.74) is 2.19. The van der Waals surface area contributed by atoms with Crippen LogP contribution < -0.4 is 15.4 Å². The zero-order chi connectivity index (χ0) is 21.8. The van der Waals surface area contributed by atoms with Crippen molar-refractivity contribution in [1.82, 2.24) is 15.2 Å². The fraction of sp³-hybridized carbons (Fsp3) is 0.565. The predicted octanol–water partition coefficient (Wildman–Crippen LogP) is 4.14. The number of benzene rings is 1. The van der Waals surface area contributed by atoms with Crippen LogP contribution in [0, 0.1) is 12.3 Å². The van der Waals surface area contributed by atoms with E-state index in [1.807, 2.05) is 24.4 Å². The largest absolute Gasteiger partial charge is 0.493 e. The molecule has 2 aliphatic rings. The highest BCUT2D eigenvalue weighted by Crippen LogP contribution is 2.32. The number of anilines is 1. The van der Waals surface area contributed by atoms with E-state index in [0.717, 1.165) is 67.4 Å². The summed E-state index contributed by atoms with van der Waals surface area (Å²) in [6, 6.07) is 6.11. The Balaban J connectivity index is 1.33. The number of carbonyl (C=O) groups excluding carboxylic acids is 1. The number of nitrogens with one attached hydrogen (secondary N) is 2. The number of nitrogens with zero attached hydrogens (tertiary/aromatic N) is 2. The molecule has 0 spiro atoms. The normalized spacial score (nSPS) is 24.2. The van der Waals surface area contributed by atoms with E-state index in [-0.39, 0.29) is 17.5 Å². The lowest BCUT2D eigenvalue weighted by Gasteiger charge is -2.30. The molecule has 2 aliphatic heterocycles. The first kappa shape index (κ1) is 22.0. The number of rotatable bonds is 6. The van der Waals surface area contributed by atoms with Gasteiger partial charge in [0.1, 0.15) is 16.6 Å². The summed E-state index contributed by atoms with van der Waals surface area (Å²) in [5, 5.41) is 8.67. The van der Waals surface area contributed by atoms with E-state index in [9.17, 15) is 4.79 Å². The van der Waals surface area contributed by atoms with E-state index >= 15 is 0 Å². The minimum atomic E-state index is -0.193. The Labute approximate surface area is 188 Å². The topological polar surface area (TPSA) is 75.7 Å². The number of hydrogen-bond donors (Lipinski definition) is 2. The molecule has 2 N–H and O–H groups in total. The first-order valence-electron chi connectivity index (χ1n) is 10.9. The Morgan fingerprint density at radius 1 is 1.45 bits per heavy atom. The van der Waals surface area contributed by atoms with Crippen molar-refractivity contribution in [1.29, 1.82) is 0 Å². The fourth-order valence-corrected chi connectivity index (χ4v) is 4.85. The maximum Gasteiger partial charge on any atom is 0.320 e. The van der Waals surface area contributed by atoms with Gasteiger partial charge in [-0.2, -0.15) is 0 Å². The van der Waals surface area contributed by atoms with Crippen molar-refractivity contribution < 1.29 is 14.3 Å². The number of hydrogen-bond acceptors (Lipinski definition) is 6. The second kappa shape index (κ2) is 9.54. The van der Waals surface area contributed by atoms with E-state index in [0.29, 0.717) is 12.4 Å². The van der Waals surface area contributed by atoms with E-state index in [1.165, 1.54) is 11.3 Å². The van der Waals surface area contributed by atoms with Gasteiger partial charge in [-0.05, 0) is 63.5 Å². The Bertz CT molecular complexity index is 910. The van der Waals surface area contributed by atoms with Crippen molar-refractivity contribution in [2.45, 2.75) is 39.2 Å². The van der Waals surface area contributed by atoms with Gasteiger partial charge in [0.2, 0.25) is 0 Å². The van der Waals surface area contributed by atoms with Crippen LogP contribution in [-0.2, 0) is 4.74 Å². The van der Waals surface area contributed by atoms with Gasteiger partial charge < -0.3 is 19.7 Å². The minimum absolute atomic E-state index is 0.0919. The van der Waals surface area contributed by atoms with Crippen LogP contribution in [0.5, 0.6) is 5.75 Å². The molecule has 3 heterocycles. The number of amides is 2. The second-order valence-corrected chi connectivity index (χ2v) is 9.98. The molecule has 2 saturated heterocycles. The molecule has 0 saturated carbocycles. The standard InChI is InChI=1S/C23H32N4O3S/c1-16-11-17(6-7-19(16)30-15-23(2)8-10-29-14-23)21-25-20(13-31-21)26-22(28)24-18-5-4-9-27(3)12-18/h6-7,11,13,18H,4-5,8-10,12,14-15H2,1-3H3,(H2,24,26,28)/t18-,23?/m0/s1. The summed E-state index contributed by atoms with van der Waals surface area (Å²) in [7, 11) is 2.08. The lowest BCUT2D eigenvalue weighted by Crippen LogP contribution is -2.47. The first-order chi connectivity index (χ1) is 14.9. The van der Waals surface area contributed by atoms with E-state index in [4.69, 9.17) is 9.47 Å². The summed E-state index contributed by atoms with van der Waals surface area (Å²) in [5.74, 6) is 1.47. The van der Waals surface area contributed by atoms with Gasteiger partial charge in [0.05, 0.1) is 13.2 Å². The number of likely N-dealkylation sites (N-methyl/N-ethyl adjacent to an activating group) is 1. The zero-order valence-electron chi connectivity index (χ0n) is 18.6. The van der Waals surface area contributed by atoms with E-state index in [2.05, 4.69) is 40.6 Å². The number of ether oxygens (including phenoxy) is 2. The molecule has 1 aromatic carbocycles.